The number of hydrogen-bond acceptors (Lipinski definition) is 8. The zero-order chi connectivity index (χ0) is 18.2. The number of nitrogens with zero attached hydrogens (tertiary/aromatic N) is 3. The number of carbonyl (C=O) groups excluding carboxylic acids is 1. The molecule has 25 heavy (non-hydrogen) atoms. The van der Waals surface area contributed by atoms with Gasteiger partial charge in [-0.3, -0.25) is 0 Å². The zero-order valence-electron chi connectivity index (χ0n) is 14.3. The van der Waals surface area contributed by atoms with E-state index in [2.05, 4.69) is 10.0 Å². The van der Waals surface area contributed by atoms with Crippen LogP contribution in [-0.4, -0.2) is 89.6 Å². The predicted molar refractivity (Wildman–Crippen MR) is 87.2 cm³/mol. The minimum atomic E-state index is -0.811. The van der Waals surface area contributed by atoms with E-state index < -0.39 is 12.2 Å². The van der Waals surface area contributed by atoms with Gasteiger partial charge < -0.3 is 33.6 Å². The maximum atomic E-state index is 10.8. The van der Waals surface area contributed by atoms with Crippen molar-refractivity contribution in [2.45, 2.75) is 18.6 Å². The first kappa shape index (κ1) is 21.8. The van der Waals surface area contributed by atoms with Crippen LogP contribution in [-0.2, 0) is 28.5 Å². The molecule has 0 aromatic carbocycles. The van der Waals surface area contributed by atoms with Gasteiger partial charge in [0.1, 0.15) is 12.4 Å². The first-order chi connectivity index (χ1) is 12.3. The molecular formula is C15H27N3O7. The van der Waals surface area contributed by atoms with Gasteiger partial charge in [-0.15, -0.1) is 0 Å². The second kappa shape index (κ2) is 15.0. The third-order valence-electron chi connectivity index (χ3n) is 3.57. The van der Waals surface area contributed by atoms with E-state index in [0.717, 1.165) is 6.29 Å². The Hall–Kier alpha value is -1.26. The number of ether oxygens (including phenoxy) is 5. The minimum absolute atomic E-state index is 0.235. The SMILES string of the molecule is [N-]=[N+]=NCCOCCOCCOCCOC[C@H]1OCC[C@@H](C=O)[C@H]1O. The topological polar surface area (TPSA) is 132 Å². The van der Waals surface area contributed by atoms with Gasteiger partial charge in [0.2, 0.25) is 0 Å². The van der Waals surface area contributed by atoms with Gasteiger partial charge in [0.25, 0.3) is 0 Å². The number of aliphatic hydroxyl groups is 1. The van der Waals surface area contributed by atoms with Gasteiger partial charge in [-0.25, -0.2) is 0 Å². The molecule has 1 rings (SSSR count). The van der Waals surface area contributed by atoms with E-state index in [4.69, 9.17) is 29.2 Å². The smallest absolute Gasteiger partial charge is 0.125 e. The lowest BCUT2D eigenvalue weighted by molar-refractivity contribution is -0.145. The van der Waals surface area contributed by atoms with Crippen LogP contribution < -0.4 is 0 Å². The van der Waals surface area contributed by atoms with Gasteiger partial charge in [-0.05, 0) is 12.0 Å². The fourth-order valence-electron chi connectivity index (χ4n) is 2.21. The number of carbonyl (C=O) groups is 1. The summed E-state index contributed by atoms with van der Waals surface area (Å²) in [5.41, 5.74) is 8.07. The number of hydrogen-bond donors (Lipinski definition) is 1. The average Bonchev–Trinajstić information content (AvgIpc) is 2.63. The maximum Gasteiger partial charge on any atom is 0.125 e. The number of aldehydes is 1. The normalized spacial score (nSPS) is 23.2. The Morgan fingerprint density at radius 3 is 2.28 bits per heavy atom. The Labute approximate surface area is 146 Å². The summed E-state index contributed by atoms with van der Waals surface area (Å²) in [6.07, 6.45) is 0.0400. The van der Waals surface area contributed by atoms with E-state index in [1.54, 1.807) is 0 Å². The van der Waals surface area contributed by atoms with Crippen molar-refractivity contribution in [3.63, 3.8) is 0 Å². The summed E-state index contributed by atoms with van der Waals surface area (Å²) in [4.78, 5) is 13.4. The molecule has 0 unspecified atom stereocenters. The predicted octanol–water partition coefficient (Wildman–Crippen LogP) is 0.328. The van der Waals surface area contributed by atoms with Gasteiger partial charge in [-0.1, -0.05) is 5.11 Å². The Balaban J connectivity index is 1.84. The molecule has 0 aliphatic carbocycles. The van der Waals surface area contributed by atoms with E-state index in [0.29, 0.717) is 65.8 Å². The van der Waals surface area contributed by atoms with Crippen molar-refractivity contribution in [2.24, 2.45) is 11.0 Å². The Morgan fingerprint density at radius 2 is 1.68 bits per heavy atom. The lowest BCUT2D eigenvalue weighted by atomic mass is 9.94. The standard InChI is InChI=1S/C15H27N3O7/c16-18-17-2-4-21-5-6-22-7-8-23-9-10-24-12-14-15(20)13(11-19)1-3-25-14/h11,13-15,20H,1-10,12H2/t13-,14+,15+/m0/s1. The van der Waals surface area contributed by atoms with Crippen molar-refractivity contribution in [1.29, 1.82) is 0 Å². The van der Waals surface area contributed by atoms with Crippen molar-refractivity contribution in [2.75, 3.05) is 66.0 Å². The molecule has 3 atom stereocenters. The molecule has 0 bridgehead atoms. The molecule has 0 spiro atoms. The minimum Gasteiger partial charge on any atom is -0.390 e. The molecular weight excluding hydrogens is 334 g/mol. The molecule has 0 saturated carbocycles. The molecule has 1 aliphatic heterocycles. The van der Waals surface area contributed by atoms with Gasteiger partial charge in [0.05, 0.1) is 59.0 Å². The lowest BCUT2D eigenvalue weighted by Crippen LogP contribution is -2.44. The highest BCUT2D eigenvalue weighted by molar-refractivity contribution is 5.54. The van der Waals surface area contributed by atoms with Gasteiger partial charge in [-0.2, -0.15) is 0 Å². The number of rotatable bonds is 15. The zero-order valence-corrected chi connectivity index (χ0v) is 14.3. The molecule has 1 fully saturated rings. The molecule has 1 aliphatic rings. The summed E-state index contributed by atoms with van der Waals surface area (Å²) < 4.78 is 26.6. The number of azide groups is 1. The molecule has 0 aromatic heterocycles. The van der Waals surface area contributed by atoms with Crippen molar-refractivity contribution >= 4 is 6.29 Å². The summed E-state index contributed by atoms with van der Waals surface area (Å²) in [5.74, 6) is -0.376. The molecule has 1 saturated heterocycles. The van der Waals surface area contributed by atoms with Crippen molar-refractivity contribution in [1.82, 2.24) is 0 Å². The highest BCUT2D eigenvalue weighted by Crippen LogP contribution is 2.19. The molecule has 10 nitrogen and oxygen atoms in total. The monoisotopic (exact) mass is 361 g/mol. The van der Waals surface area contributed by atoms with E-state index in [1.807, 2.05) is 0 Å². The largest absolute Gasteiger partial charge is 0.390 e. The second-order valence-electron chi connectivity index (χ2n) is 5.35. The Bertz CT molecular complexity index is 393. The Morgan fingerprint density at radius 1 is 1.08 bits per heavy atom. The summed E-state index contributed by atoms with van der Waals surface area (Å²) in [7, 11) is 0. The fraction of sp³-hybridized carbons (Fsp3) is 0.933. The third kappa shape index (κ3) is 10.4. The van der Waals surface area contributed by atoms with Gasteiger partial charge >= 0.3 is 0 Å². The van der Waals surface area contributed by atoms with Crippen LogP contribution in [0, 0.1) is 5.92 Å². The summed E-state index contributed by atoms with van der Waals surface area (Å²) in [6, 6.07) is 0. The third-order valence-corrected chi connectivity index (χ3v) is 3.57. The molecule has 0 amide bonds. The molecule has 0 radical (unpaired) electrons. The first-order valence-corrected chi connectivity index (χ1v) is 8.36. The second-order valence-corrected chi connectivity index (χ2v) is 5.35. The highest BCUT2D eigenvalue weighted by Gasteiger charge is 2.32. The van der Waals surface area contributed by atoms with E-state index in [1.165, 1.54) is 0 Å². The van der Waals surface area contributed by atoms with Crippen LogP contribution in [0.5, 0.6) is 0 Å². The van der Waals surface area contributed by atoms with Gasteiger partial charge in [0.15, 0.2) is 0 Å². The summed E-state index contributed by atoms with van der Waals surface area (Å²) >= 11 is 0. The van der Waals surface area contributed by atoms with Crippen LogP contribution in [0.2, 0.25) is 0 Å². The Kier molecular flexibility index (Phi) is 13.1. The lowest BCUT2D eigenvalue weighted by Gasteiger charge is -2.31. The molecule has 1 heterocycles. The van der Waals surface area contributed by atoms with Crippen LogP contribution in [0.25, 0.3) is 10.4 Å². The van der Waals surface area contributed by atoms with Gasteiger partial charge in [0, 0.05) is 24.0 Å². The molecule has 1 N–H and O–H groups in total. The van der Waals surface area contributed by atoms with E-state index in [9.17, 15) is 9.90 Å². The maximum absolute atomic E-state index is 10.8. The fourth-order valence-corrected chi connectivity index (χ4v) is 2.21. The number of aliphatic hydroxyl groups excluding tert-OH is 1. The van der Waals surface area contributed by atoms with Crippen molar-refractivity contribution in [3.8, 4) is 0 Å². The van der Waals surface area contributed by atoms with Crippen LogP contribution in [0.15, 0.2) is 5.11 Å². The molecule has 144 valence electrons. The van der Waals surface area contributed by atoms with Crippen LogP contribution in [0.3, 0.4) is 0 Å². The highest BCUT2D eigenvalue weighted by atomic mass is 16.6. The quantitative estimate of drug-likeness (QED) is 0.146. The molecule has 0 aromatic rings. The van der Waals surface area contributed by atoms with Crippen LogP contribution in [0.4, 0.5) is 0 Å². The summed E-state index contributed by atoms with van der Waals surface area (Å²) in [5, 5.41) is 13.3. The molecule has 10 heteroatoms. The van der Waals surface area contributed by atoms with Crippen molar-refractivity contribution in [3.05, 3.63) is 10.4 Å². The average molecular weight is 361 g/mol. The van der Waals surface area contributed by atoms with Crippen LogP contribution >= 0.6 is 0 Å². The van der Waals surface area contributed by atoms with E-state index in [-0.39, 0.29) is 12.5 Å². The summed E-state index contributed by atoms with van der Waals surface area (Å²) in [6.45, 7) is 3.96. The van der Waals surface area contributed by atoms with Crippen LogP contribution in [0.1, 0.15) is 6.42 Å². The van der Waals surface area contributed by atoms with Crippen molar-refractivity contribution < 1.29 is 33.6 Å². The first-order valence-electron chi connectivity index (χ1n) is 8.36. The van der Waals surface area contributed by atoms with E-state index >= 15 is 0 Å².